The number of nitrogens with one attached hydrogen (secondary N) is 1. The Bertz CT molecular complexity index is 1560. The van der Waals surface area contributed by atoms with Crippen LogP contribution in [0.5, 0.6) is 5.75 Å². The van der Waals surface area contributed by atoms with Crippen molar-refractivity contribution in [2.75, 3.05) is 24.5 Å². The highest BCUT2D eigenvalue weighted by Crippen LogP contribution is 2.38. The number of carbonyl (C=O) groups excluding carboxylic acids is 2. The van der Waals surface area contributed by atoms with Crippen molar-refractivity contribution in [1.82, 2.24) is 10.2 Å². The first-order chi connectivity index (χ1) is 20.5. The number of ether oxygens (including phenoxy) is 1. The van der Waals surface area contributed by atoms with E-state index in [-0.39, 0.29) is 17.4 Å². The summed E-state index contributed by atoms with van der Waals surface area (Å²) in [6.07, 6.45) is -4.89. The van der Waals surface area contributed by atoms with Crippen molar-refractivity contribution in [3.63, 3.8) is 0 Å². The van der Waals surface area contributed by atoms with Crippen LogP contribution in [0.25, 0.3) is 0 Å². The van der Waals surface area contributed by atoms with Crippen LogP contribution in [0.1, 0.15) is 37.5 Å². The average Bonchev–Trinajstić information content (AvgIpc) is 2.97. The quantitative estimate of drug-likeness (QED) is 0.256. The molecule has 0 aliphatic rings. The van der Waals surface area contributed by atoms with Gasteiger partial charge in [0.05, 0.1) is 28.3 Å². The molecule has 0 aliphatic heterocycles. The lowest BCUT2D eigenvalue weighted by Gasteiger charge is -2.32. The number of alkyl halides is 3. The Kier molecular flexibility index (Phi) is 11.3. The van der Waals surface area contributed by atoms with E-state index < -0.39 is 56.9 Å². The van der Waals surface area contributed by atoms with Gasteiger partial charge in [0.25, 0.3) is 10.0 Å². The van der Waals surface area contributed by atoms with E-state index in [1.54, 1.807) is 31.2 Å². The summed E-state index contributed by atoms with van der Waals surface area (Å²) in [6, 6.07) is 14.0. The van der Waals surface area contributed by atoms with Gasteiger partial charge < -0.3 is 15.0 Å². The zero-order chi connectivity index (χ0) is 32.8. The molecular weight excluding hydrogens is 619 g/mol. The third-order valence-corrected chi connectivity index (χ3v) is 8.91. The summed E-state index contributed by atoms with van der Waals surface area (Å²) in [6.45, 7) is 6.40. The molecule has 1 N–H and O–H groups in total. The number of nitrogens with zero attached hydrogens (tertiary/aromatic N) is 2. The predicted molar refractivity (Wildman–Crippen MR) is 163 cm³/mol. The maximum Gasteiger partial charge on any atom is 0.417 e. The standard InChI is InChI=1S/C31H35ClF3N3O5S/c1-20(2)17-36-30(40)22(4)37(18-23-8-11-25(43-5)12-9-23)29(39)19-38(44(41,42)26-13-6-21(3)7-14-26)24-10-15-28(32)27(16-24)31(33,34)35/h6-16,20,22H,17-19H2,1-5H3,(H,36,40)/t22-/m1/s1. The summed E-state index contributed by atoms with van der Waals surface area (Å²) >= 11 is 5.81. The number of methoxy groups -OCH3 is 1. The maximum atomic E-state index is 14.0. The summed E-state index contributed by atoms with van der Waals surface area (Å²) in [5.74, 6) is -0.598. The molecule has 0 unspecified atom stereocenters. The molecule has 0 spiro atoms. The SMILES string of the molecule is COc1ccc(CN(C(=O)CN(c2ccc(Cl)c(C(F)(F)F)c2)S(=O)(=O)c2ccc(C)cc2)[C@H](C)C(=O)NCC(C)C)cc1. The van der Waals surface area contributed by atoms with Crippen molar-refractivity contribution in [3.05, 3.63) is 88.4 Å². The molecule has 238 valence electrons. The first-order valence-electron chi connectivity index (χ1n) is 13.7. The molecule has 3 rings (SSSR count). The minimum Gasteiger partial charge on any atom is -0.497 e. The van der Waals surface area contributed by atoms with Gasteiger partial charge in [-0.15, -0.1) is 0 Å². The van der Waals surface area contributed by atoms with E-state index in [0.29, 0.717) is 28.2 Å². The molecule has 1 atom stereocenters. The first-order valence-corrected chi connectivity index (χ1v) is 15.5. The zero-order valence-corrected chi connectivity index (χ0v) is 26.6. The summed E-state index contributed by atoms with van der Waals surface area (Å²) in [5.41, 5.74) is -0.313. The lowest BCUT2D eigenvalue weighted by atomic mass is 10.1. The van der Waals surface area contributed by atoms with E-state index in [1.165, 1.54) is 43.2 Å². The van der Waals surface area contributed by atoms with E-state index >= 15 is 0 Å². The summed E-state index contributed by atoms with van der Waals surface area (Å²) in [4.78, 5) is 28.0. The van der Waals surface area contributed by atoms with E-state index in [1.807, 2.05) is 13.8 Å². The minimum absolute atomic E-state index is 0.0913. The normalized spacial score (nSPS) is 12.5. The molecule has 0 saturated carbocycles. The lowest BCUT2D eigenvalue weighted by Crippen LogP contribution is -2.51. The van der Waals surface area contributed by atoms with Gasteiger partial charge in [-0.1, -0.05) is 55.3 Å². The van der Waals surface area contributed by atoms with Gasteiger partial charge in [0, 0.05) is 13.1 Å². The van der Waals surface area contributed by atoms with Crippen molar-refractivity contribution < 1.29 is 35.9 Å². The minimum atomic E-state index is -4.89. The molecule has 0 saturated heterocycles. The number of sulfonamides is 1. The second-order valence-electron chi connectivity index (χ2n) is 10.7. The van der Waals surface area contributed by atoms with Crippen LogP contribution in [0.2, 0.25) is 5.02 Å². The highest BCUT2D eigenvalue weighted by molar-refractivity contribution is 7.92. The second kappa shape index (κ2) is 14.3. The van der Waals surface area contributed by atoms with Crippen molar-refractivity contribution >= 4 is 39.1 Å². The molecular formula is C31H35ClF3N3O5S. The van der Waals surface area contributed by atoms with Crippen LogP contribution < -0.4 is 14.4 Å². The lowest BCUT2D eigenvalue weighted by molar-refractivity contribution is -0.139. The van der Waals surface area contributed by atoms with Crippen molar-refractivity contribution in [1.29, 1.82) is 0 Å². The van der Waals surface area contributed by atoms with Crippen molar-refractivity contribution in [2.45, 2.75) is 51.4 Å². The number of carbonyl (C=O) groups is 2. The van der Waals surface area contributed by atoms with Crippen LogP contribution in [0.3, 0.4) is 0 Å². The molecule has 2 amide bonds. The van der Waals surface area contributed by atoms with Crippen LogP contribution >= 0.6 is 11.6 Å². The van der Waals surface area contributed by atoms with Gasteiger partial charge in [0.15, 0.2) is 0 Å². The molecule has 0 radical (unpaired) electrons. The zero-order valence-electron chi connectivity index (χ0n) is 25.0. The molecule has 8 nitrogen and oxygen atoms in total. The first kappa shape index (κ1) is 34.7. The monoisotopic (exact) mass is 653 g/mol. The number of anilines is 1. The maximum absolute atomic E-state index is 14.0. The molecule has 3 aromatic rings. The molecule has 3 aromatic carbocycles. The Morgan fingerprint density at radius 3 is 2.14 bits per heavy atom. The van der Waals surface area contributed by atoms with Crippen LogP contribution in [0.4, 0.5) is 18.9 Å². The number of aryl methyl sites for hydroxylation is 1. The van der Waals surface area contributed by atoms with Crippen LogP contribution in [0.15, 0.2) is 71.6 Å². The largest absolute Gasteiger partial charge is 0.497 e. The second-order valence-corrected chi connectivity index (χ2v) is 12.9. The Hall–Kier alpha value is -3.77. The van der Waals surface area contributed by atoms with Gasteiger partial charge in [0.2, 0.25) is 11.8 Å². The molecule has 13 heteroatoms. The molecule has 0 heterocycles. The van der Waals surface area contributed by atoms with E-state index in [2.05, 4.69) is 5.32 Å². The van der Waals surface area contributed by atoms with Gasteiger partial charge >= 0.3 is 6.18 Å². The Balaban J connectivity index is 2.10. The van der Waals surface area contributed by atoms with Crippen molar-refractivity contribution in [3.8, 4) is 5.75 Å². The Morgan fingerprint density at radius 2 is 1.59 bits per heavy atom. The molecule has 0 aromatic heterocycles. The fourth-order valence-corrected chi connectivity index (χ4v) is 5.85. The highest BCUT2D eigenvalue weighted by atomic mass is 35.5. The number of halogens is 4. The number of benzene rings is 3. The summed E-state index contributed by atoms with van der Waals surface area (Å²) in [7, 11) is -3.07. The Morgan fingerprint density at radius 1 is 0.977 bits per heavy atom. The van der Waals surface area contributed by atoms with E-state index in [0.717, 1.165) is 17.7 Å². The molecule has 0 fully saturated rings. The fraction of sp³-hybridized carbons (Fsp3) is 0.355. The number of amides is 2. The van der Waals surface area contributed by atoms with Gasteiger partial charge in [-0.2, -0.15) is 13.2 Å². The van der Waals surface area contributed by atoms with Crippen LogP contribution in [0, 0.1) is 12.8 Å². The highest BCUT2D eigenvalue weighted by Gasteiger charge is 2.37. The van der Waals surface area contributed by atoms with Crippen molar-refractivity contribution in [2.24, 2.45) is 5.92 Å². The van der Waals surface area contributed by atoms with Gasteiger partial charge in [-0.3, -0.25) is 13.9 Å². The van der Waals surface area contributed by atoms with Gasteiger partial charge in [0.1, 0.15) is 18.3 Å². The molecule has 0 bridgehead atoms. The van der Waals surface area contributed by atoms with Gasteiger partial charge in [-0.05, 0) is 67.8 Å². The third kappa shape index (κ3) is 8.66. The van der Waals surface area contributed by atoms with Crippen LogP contribution in [-0.4, -0.2) is 51.4 Å². The number of rotatable bonds is 12. The van der Waals surface area contributed by atoms with E-state index in [9.17, 15) is 31.2 Å². The van der Waals surface area contributed by atoms with E-state index in [4.69, 9.17) is 16.3 Å². The Labute approximate surface area is 260 Å². The molecule has 44 heavy (non-hydrogen) atoms. The fourth-order valence-electron chi connectivity index (χ4n) is 4.21. The topological polar surface area (TPSA) is 96.0 Å². The number of hydrogen-bond donors (Lipinski definition) is 1. The number of hydrogen-bond acceptors (Lipinski definition) is 5. The molecule has 0 aliphatic carbocycles. The average molecular weight is 654 g/mol. The van der Waals surface area contributed by atoms with Crippen LogP contribution in [-0.2, 0) is 32.3 Å². The summed E-state index contributed by atoms with van der Waals surface area (Å²) < 4.78 is 75.0. The predicted octanol–water partition coefficient (Wildman–Crippen LogP) is 6.06. The third-order valence-electron chi connectivity index (χ3n) is 6.79. The summed E-state index contributed by atoms with van der Waals surface area (Å²) in [5, 5.41) is 2.15. The van der Waals surface area contributed by atoms with Gasteiger partial charge in [-0.25, -0.2) is 8.42 Å². The smallest absolute Gasteiger partial charge is 0.417 e.